The van der Waals surface area contributed by atoms with Crippen LogP contribution in [0.5, 0.6) is 17.2 Å². The van der Waals surface area contributed by atoms with Crippen LogP contribution in [0.25, 0.3) is 0 Å². The molecule has 16 heteroatoms. The number of aromatic nitrogens is 1. The minimum Gasteiger partial charge on any atom is -0.491 e. The fraction of sp³-hybridized carbons (Fsp3) is 0.538. The third-order valence-corrected chi connectivity index (χ3v) is 12.0. The van der Waals surface area contributed by atoms with E-state index in [1.807, 2.05) is 0 Å². The molecule has 3 atom stereocenters. The van der Waals surface area contributed by atoms with Gasteiger partial charge in [0.2, 0.25) is 10.0 Å². The molecule has 300 valence electrons. The number of aromatic amines is 1. The molecule has 2 aliphatic carbocycles. The first-order valence-electron chi connectivity index (χ1n) is 18.7. The summed E-state index contributed by atoms with van der Waals surface area (Å²) in [6.07, 6.45) is 7.85. The van der Waals surface area contributed by atoms with E-state index in [4.69, 9.17) is 42.1 Å². The minimum atomic E-state index is -3.73. The molecule has 0 spiro atoms. The van der Waals surface area contributed by atoms with Crippen molar-refractivity contribution in [2.45, 2.75) is 77.2 Å². The summed E-state index contributed by atoms with van der Waals surface area (Å²) in [5.41, 5.74) is 1.38. The Morgan fingerprint density at radius 2 is 1.65 bits per heavy atom. The van der Waals surface area contributed by atoms with Crippen molar-refractivity contribution in [3.8, 4) is 17.2 Å². The molecule has 2 heterocycles. The van der Waals surface area contributed by atoms with Gasteiger partial charge in [-0.2, -0.15) is 8.78 Å². The quantitative estimate of drug-likeness (QED) is 0.128. The molecule has 0 radical (unpaired) electrons. The lowest BCUT2D eigenvalue weighted by molar-refractivity contribution is -0.377. The summed E-state index contributed by atoms with van der Waals surface area (Å²) >= 11 is 13.0. The van der Waals surface area contributed by atoms with Gasteiger partial charge in [0.1, 0.15) is 21.9 Å². The van der Waals surface area contributed by atoms with Crippen molar-refractivity contribution in [2.24, 2.45) is 11.8 Å². The van der Waals surface area contributed by atoms with E-state index in [9.17, 15) is 22.0 Å². The summed E-state index contributed by atoms with van der Waals surface area (Å²) in [6, 6.07) is 9.67. The van der Waals surface area contributed by atoms with Crippen LogP contribution >= 0.6 is 23.2 Å². The Hall–Kier alpha value is -3.43. The lowest BCUT2D eigenvalue weighted by Gasteiger charge is -2.38. The van der Waals surface area contributed by atoms with Gasteiger partial charge in [-0.25, -0.2) is 18.2 Å². The van der Waals surface area contributed by atoms with Gasteiger partial charge < -0.3 is 24.3 Å². The number of rotatable bonds is 19. The van der Waals surface area contributed by atoms with Gasteiger partial charge in [0.25, 0.3) is 0 Å². The number of pyridine rings is 1. The van der Waals surface area contributed by atoms with Gasteiger partial charge in [-0.15, -0.1) is 0 Å². The highest BCUT2D eigenvalue weighted by Gasteiger charge is 2.30. The van der Waals surface area contributed by atoms with Crippen LogP contribution in [0.4, 0.5) is 14.5 Å². The molecular weight excluding hydrogens is 777 g/mol. The predicted octanol–water partition coefficient (Wildman–Crippen LogP) is 6.97. The number of ether oxygens (including phenoxy) is 4. The molecule has 1 saturated heterocycles. The maximum Gasteiger partial charge on any atom is 0.387 e. The molecule has 3 aliphatic rings. The van der Waals surface area contributed by atoms with Crippen molar-refractivity contribution in [2.75, 3.05) is 50.0 Å². The van der Waals surface area contributed by atoms with Crippen LogP contribution in [0, 0.1) is 11.8 Å². The molecule has 1 aromatic heterocycles. The zero-order valence-electron chi connectivity index (χ0n) is 31.2. The van der Waals surface area contributed by atoms with Gasteiger partial charge in [-0.05, 0) is 93.7 Å². The highest BCUT2D eigenvalue weighted by Crippen LogP contribution is 2.39. The van der Waals surface area contributed by atoms with Crippen molar-refractivity contribution < 1.29 is 45.9 Å². The lowest BCUT2D eigenvalue weighted by atomic mass is 10.0. The van der Waals surface area contributed by atoms with Crippen molar-refractivity contribution >= 4 is 44.9 Å². The Morgan fingerprint density at radius 1 is 0.982 bits per heavy atom. The van der Waals surface area contributed by atoms with Crippen LogP contribution in [0.15, 0.2) is 48.8 Å². The van der Waals surface area contributed by atoms with Crippen LogP contribution in [0.2, 0.25) is 10.0 Å². The number of anilines is 1. The van der Waals surface area contributed by atoms with Crippen LogP contribution in [0.3, 0.4) is 0 Å². The largest absolute Gasteiger partial charge is 0.491 e. The summed E-state index contributed by atoms with van der Waals surface area (Å²) < 4.78 is 77.5. The molecule has 55 heavy (non-hydrogen) atoms. The lowest BCUT2D eigenvalue weighted by Crippen LogP contribution is -2.54. The summed E-state index contributed by atoms with van der Waals surface area (Å²) in [6.45, 7) is 4.60. The zero-order chi connectivity index (χ0) is 39.3. The fourth-order valence-electron chi connectivity index (χ4n) is 6.55. The minimum absolute atomic E-state index is 0.0324. The molecule has 2 saturated carbocycles. The molecule has 0 unspecified atom stereocenters. The zero-order valence-corrected chi connectivity index (χ0v) is 33.6. The first-order chi connectivity index (χ1) is 26.2. The van der Waals surface area contributed by atoms with Crippen LogP contribution in [0.1, 0.15) is 73.5 Å². The van der Waals surface area contributed by atoms with Crippen molar-refractivity contribution in [3.63, 3.8) is 0 Å². The van der Waals surface area contributed by atoms with Gasteiger partial charge in [0.15, 0.2) is 23.9 Å². The average molecular weight is 827 g/mol. The summed E-state index contributed by atoms with van der Waals surface area (Å²) in [5, 5.41) is 4.08. The second-order valence-corrected chi connectivity index (χ2v) is 17.6. The standard InChI is InChI=1S/C39H48Cl2F2N4O7S/c1-24-21-46(25(2)18-45-24)13-4-14-47(55(3,49)50)33-11-9-29(16-36(33)51-22-26-5-6-26)38(48)53-35(17-30-31(40)19-44-20-32(30)41)28-10-12-34(54-39(42)43)37(15-28)52-23-27-7-8-27/h9-12,15-16,19-20,24-27,35,39,45H,4-8,13-14,17-18,21-23H2,1-3H3/p+1/t24-,25+,35+/m1/s1. The fourth-order valence-corrected chi connectivity index (χ4v) is 8.05. The molecule has 6 rings (SSSR count). The van der Waals surface area contributed by atoms with E-state index < -0.39 is 28.7 Å². The number of esters is 1. The van der Waals surface area contributed by atoms with Crippen molar-refractivity contribution in [3.05, 3.63) is 75.5 Å². The number of carbonyl (C=O) groups is 1. The second kappa shape index (κ2) is 18.2. The van der Waals surface area contributed by atoms with Crippen molar-refractivity contribution in [1.82, 2.24) is 10.2 Å². The third-order valence-electron chi connectivity index (χ3n) is 10.1. The molecule has 3 fully saturated rings. The van der Waals surface area contributed by atoms with E-state index in [2.05, 4.69) is 29.0 Å². The van der Waals surface area contributed by atoms with E-state index >= 15 is 0 Å². The number of alkyl halides is 2. The SMILES string of the molecule is C[C@@H]1CN(CCCN(c2ccc(C(=O)O[C@@H](Cc3c(Cl)c[nH+]cc3Cl)c3ccc(OC(F)F)c(OCC4CC4)c3)cc2OCC2CC2)S(C)(=O)=O)[C@@H](C)CN1. The Morgan fingerprint density at radius 3 is 2.29 bits per heavy atom. The van der Waals surface area contributed by atoms with Gasteiger partial charge in [-0.3, -0.25) is 9.21 Å². The maximum absolute atomic E-state index is 14.0. The number of halogens is 4. The first-order valence-corrected chi connectivity index (χ1v) is 21.3. The monoisotopic (exact) mass is 825 g/mol. The number of sulfonamides is 1. The maximum atomic E-state index is 14.0. The Bertz CT molecular complexity index is 1900. The summed E-state index contributed by atoms with van der Waals surface area (Å²) in [4.78, 5) is 19.3. The van der Waals surface area contributed by atoms with E-state index in [0.29, 0.717) is 70.4 Å². The number of benzene rings is 2. The normalized spacial score (nSPS) is 19.6. The molecule has 1 aliphatic heterocycles. The highest BCUT2D eigenvalue weighted by atomic mass is 35.5. The van der Waals surface area contributed by atoms with Gasteiger partial charge in [0.05, 0.1) is 30.7 Å². The van der Waals surface area contributed by atoms with Gasteiger partial charge in [0, 0.05) is 50.2 Å². The number of nitrogens with one attached hydrogen (secondary N) is 2. The predicted molar refractivity (Wildman–Crippen MR) is 206 cm³/mol. The topological polar surface area (TPSA) is 121 Å². The Kier molecular flexibility index (Phi) is 13.7. The van der Waals surface area contributed by atoms with Crippen LogP contribution in [-0.4, -0.2) is 83.6 Å². The summed E-state index contributed by atoms with van der Waals surface area (Å²) in [7, 11) is -3.73. The molecule has 11 nitrogen and oxygen atoms in total. The second-order valence-electron chi connectivity index (χ2n) is 14.8. The Labute approximate surface area is 331 Å². The first kappa shape index (κ1) is 41.2. The molecule has 2 N–H and O–H groups in total. The van der Waals surface area contributed by atoms with Gasteiger partial charge in [-0.1, -0.05) is 29.3 Å². The molecule has 0 amide bonds. The number of hydrogen-bond acceptors (Lipinski definition) is 9. The van der Waals surface area contributed by atoms with E-state index in [-0.39, 0.29) is 35.8 Å². The molecule has 3 aromatic rings. The van der Waals surface area contributed by atoms with E-state index in [0.717, 1.165) is 51.6 Å². The number of carbonyl (C=O) groups excluding carboxylic acids is 1. The number of hydrogen-bond donors (Lipinski definition) is 1. The molecule has 0 bridgehead atoms. The molecule has 2 aromatic carbocycles. The average Bonchev–Trinajstić information content (AvgIpc) is 4.07. The smallest absolute Gasteiger partial charge is 0.387 e. The number of H-pyrrole nitrogens is 1. The van der Waals surface area contributed by atoms with E-state index in [1.165, 1.54) is 34.6 Å². The van der Waals surface area contributed by atoms with E-state index in [1.54, 1.807) is 18.5 Å². The summed E-state index contributed by atoms with van der Waals surface area (Å²) in [5.74, 6) is 0.140. The number of nitrogens with zero attached hydrogens (tertiary/aromatic N) is 2. The van der Waals surface area contributed by atoms with Crippen molar-refractivity contribution in [1.29, 1.82) is 0 Å². The van der Waals surface area contributed by atoms with Crippen LogP contribution in [-0.2, 0) is 21.2 Å². The van der Waals surface area contributed by atoms with Gasteiger partial charge >= 0.3 is 12.6 Å². The Balaban J connectivity index is 1.28. The third kappa shape index (κ3) is 11.6. The number of piperazine rings is 1. The van der Waals surface area contributed by atoms with Crippen LogP contribution < -0.4 is 28.8 Å². The highest BCUT2D eigenvalue weighted by molar-refractivity contribution is 7.92. The molecular formula is C39H49Cl2F2N4O7S+.